The van der Waals surface area contributed by atoms with Gasteiger partial charge in [0.05, 0.1) is 10.8 Å². The molecule has 0 aromatic carbocycles. The summed E-state index contributed by atoms with van der Waals surface area (Å²) in [7, 11) is 0. The molecule has 0 bridgehead atoms. The first-order valence-corrected chi connectivity index (χ1v) is 6.04. The van der Waals surface area contributed by atoms with Crippen molar-refractivity contribution in [3.8, 4) is 0 Å². The molecule has 0 saturated carbocycles. The SMILES string of the molecule is CCCC(CNc1nc(C)ccc1[N+](=O)[O-])C(=O)O. The van der Waals surface area contributed by atoms with Crippen LogP contribution < -0.4 is 5.32 Å². The highest BCUT2D eigenvalue weighted by Crippen LogP contribution is 2.22. The summed E-state index contributed by atoms with van der Waals surface area (Å²) in [6.07, 6.45) is 1.25. The minimum absolute atomic E-state index is 0.118. The summed E-state index contributed by atoms with van der Waals surface area (Å²) >= 11 is 0. The number of hydrogen-bond donors (Lipinski definition) is 2. The van der Waals surface area contributed by atoms with E-state index in [9.17, 15) is 14.9 Å². The van der Waals surface area contributed by atoms with Crippen LogP contribution in [0.2, 0.25) is 0 Å². The molecule has 0 saturated heterocycles. The van der Waals surface area contributed by atoms with E-state index in [-0.39, 0.29) is 18.1 Å². The number of aliphatic carboxylic acids is 1. The zero-order valence-electron chi connectivity index (χ0n) is 10.9. The average molecular weight is 267 g/mol. The molecule has 0 amide bonds. The van der Waals surface area contributed by atoms with Crippen molar-refractivity contribution >= 4 is 17.5 Å². The van der Waals surface area contributed by atoms with Gasteiger partial charge in [0.25, 0.3) is 0 Å². The molecular weight excluding hydrogens is 250 g/mol. The topological polar surface area (TPSA) is 105 Å². The lowest BCUT2D eigenvalue weighted by molar-refractivity contribution is -0.384. The highest BCUT2D eigenvalue weighted by molar-refractivity contribution is 5.71. The van der Waals surface area contributed by atoms with E-state index in [1.165, 1.54) is 6.07 Å². The van der Waals surface area contributed by atoms with Crippen molar-refractivity contribution in [2.24, 2.45) is 5.92 Å². The summed E-state index contributed by atoms with van der Waals surface area (Å²) in [6.45, 7) is 3.74. The van der Waals surface area contributed by atoms with Gasteiger partial charge in [-0.2, -0.15) is 0 Å². The van der Waals surface area contributed by atoms with E-state index >= 15 is 0 Å². The third-order valence-corrected chi connectivity index (χ3v) is 2.71. The van der Waals surface area contributed by atoms with Crippen LogP contribution in [-0.4, -0.2) is 27.5 Å². The van der Waals surface area contributed by atoms with Gasteiger partial charge in [0.2, 0.25) is 5.82 Å². The maximum Gasteiger partial charge on any atom is 0.311 e. The van der Waals surface area contributed by atoms with Gasteiger partial charge in [-0.25, -0.2) is 4.98 Å². The zero-order chi connectivity index (χ0) is 14.4. The normalized spacial score (nSPS) is 11.9. The lowest BCUT2D eigenvalue weighted by Gasteiger charge is -2.13. The molecule has 1 rings (SSSR count). The number of carboxylic acid groups (broad SMARTS) is 1. The van der Waals surface area contributed by atoms with Crippen molar-refractivity contribution in [1.82, 2.24) is 4.98 Å². The Morgan fingerprint density at radius 2 is 2.26 bits per heavy atom. The number of nitrogens with one attached hydrogen (secondary N) is 1. The van der Waals surface area contributed by atoms with Crippen molar-refractivity contribution in [1.29, 1.82) is 0 Å². The summed E-state index contributed by atoms with van der Waals surface area (Å²) < 4.78 is 0. The Labute approximate surface area is 110 Å². The third kappa shape index (κ3) is 4.20. The van der Waals surface area contributed by atoms with Crippen LogP contribution in [0.25, 0.3) is 0 Å². The fourth-order valence-corrected chi connectivity index (χ4v) is 1.71. The Hall–Kier alpha value is -2.18. The summed E-state index contributed by atoms with van der Waals surface area (Å²) in [5.41, 5.74) is 0.488. The molecule has 1 atom stereocenters. The van der Waals surface area contributed by atoms with Gasteiger partial charge in [-0.05, 0) is 19.4 Å². The van der Waals surface area contributed by atoms with Gasteiger partial charge in [0.15, 0.2) is 0 Å². The Morgan fingerprint density at radius 3 is 2.79 bits per heavy atom. The molecule has 1 aromatic heterocycles. The number of nitrogens with zero attached hydrogens (tertiary/aromatic N) is 2. The van der Waals surface area contributed by atoms with Crippen molar-refractivity contribution < 1.29 is 14.8 Å². The molecule has 19 heavy (non-hydrogen) atoms. The van der Waals surface area contributed by atoms with Gasteiger partial charge in [-0.15, -0.1) is 0 Å². The smallest absolute Gasteiger partial charge is 0.311 e. The number of carboxylic acids is 1. The van der Waals surface area contributed by atoms with Gasteiger partial charge in [-0.1, -0.05) is 13.3 Å². The maximum atomic E-state index is 11.0. The fraction of sp³-hybridized carbons (Fsp3) is 0.500. The first kappa shape index (κ1) is 14.9. The molecule has 0 aliphatic heterocycles. The Morgan fingerprint density at radius 1 is 1.58 bits per heavy atom. The number of rotatable bonds is 7. The second-order valence-corrected chi connectivity index (χ2v) is 4.28. The van der Waals surface area contributed by atoms with Crippen molar-refractivity contribution in [3.05, 3.63) is 27.9 Å². The molecule has 2 N–H and O–H groups in total. The van der Waals surface area contributed by atoms with E-state index in [1.54, 1.807) is 13.0 Å². The number of pyridine rings is 1. The third-order valence-electron chi connectivity index (χ3n) is 2.71. The van der Waals surface area contributed by atoms with Gasteiger partial charge < -0.3 is 10.4 Å². The molecule has 7 heteroatoms. The highest BCUT2D eigenvalue weighted by atomic mass is 16.6. The quantitative estimate of drug-likeness (QED) is 0.579. The van der Waals surface area contributed by atoms with E-state index in [0.29, 0.717) is 12.1 Å². The van der Waals surface area contributed by atoms with Crippen molar-refractivity contribution in [2.75, 3.05) is 11.9 Å². The van der Waals surface area contributed by atoms with E-state index in [1.807, 2.05) is 6.92 Å². The van der Waals surface area contributed by atoms with Crippen LogP contribution >= 0.6 is 0 Å². The average Bonchev–Trinajstić information content (AvgIpc) is 2.33. The molecule has 1 aromatic rings. The first-order valence-electron chi connectivity index (χ1n) is 6.04. The summed E-state index contributed by atoms with van der Waals surface area (Å²) in [5, 5.41) is 22.6. The second-order valence-electron chi connectivity index (χ2n) is 4.28. The van der Waals surface area contributed by atoms with E-state index < -0.39 is 16.8 Å². The Bertz CT molecular complexity index is 476. The van der Waals surface area contributed by atoms with Crippen LogP contribution in [0.4, 0.5) is 11.5 Å². The summed E-state index contributed by atoms with van der Waals surface area (Å²) in [4.78, 5) is 25.4. The molecule has 1 heterocycles. The molecule has 104 valence electrons. The molecule has 7 nitrogen and oxygen atoms in total. The number of hydrogen-bond acceptors (Lipinski definition) is 5. The first-order chi connectivity index (χ1) is 8.95. The Balaban J connectivity index is 2.83. The lowest BCUT2D eigenvalue weighted by Crippen LogP contribution is -2.23. The van der Waals surface area contributed by atoms with E-state index in [2.05, 4.69) is 10.3 Å². The molecule has 0 fully saturated rings. The summed E-state index contributed by atoms with van der Waals surface area (Å²) in [6, 6.07) is 2.91. The van der Waals surface area contributed by atoms with Crippen LogP contribution in [-0.2, 0) is 4.79 Å². The summed E-state index contributed by atoms with van der Waals surface area (Å²) in [5.74, 6) is -1.37. The minimum Gasteiger partial charge on any atom is -0.481 e. The predicted octanol–water partition coefficient (Wildman–Crippen LogP) is 2.21. The molecule has 0 aliphatic rings. The largest absolute Gasteiger partial charge is 0.481 e. The molecule has 0 aliphatic carbocycles. The van der Waals surface area contributed by atoms with Gasteiger partial charge >= 0.3 is 11.7 Å². The molecule has 0 radical (unpaired) electrons. The molecule has 0 spiro atoms. The lowest BCUT2D eigenvalue weighted by atomic mass is 10.0. The van der Waals surface area contributed by atoms with Crippen molar-refractivity contribution in [2.45, 2.75) is 26.7 Å². The fourth-order valence-electron chi connectivity index (χ4n) is 1.71. The van der Waals surface area contributed by atoms with Gasteiger partial charge in [-0.3, -0.25) is 14.9 Å². The number of carbonyl (C=O) groups is 1. The number of anilines is 1. The number of aryl methyl sites for hydroxylation is 1. The van der Waals surface area contributed by atoms with E-state index in [0.717, 1.165) is 6.42 Å². The molecule has 1 unspecified atom stereocenters. The minimum atomic E-state index is -0.912. The van der Waals surface area contributed by atoms with Gasteiger partial charge in [0, 0.05) is 18.3 Å². The Kier molecular flexibility index (Phi) is 5.23. The number of nitro groups is 1. The zero-order valence-corrected chi connectivity index (χ0v) is 10.9. The highest BCUT2D eigenvalue weighted by Gasteiger charge is 2.20. The predicted molar refractivity (Wildman–Crippen MR) is 70.2 cm³/mol. The van der Waals surface area contributed by atoms with Crippen LogP contribution in [0, 0.1) is 23.0 Å². The van der Waals surface area contributed by atoms with Gasteiger partial charge in [0.1, 0.15) is 0 Å². The molecular formula is C12H17N3O4. The van der Waals surface area contributed by atoms with Crippen LogP contribution in [0.5, 0.6) is 0 Å². The van der Waals surface area contributed by atoms with Crippen molar-refractivity contribution in [3.63, 3.8) is 0 Å². The second kappa shape index (κ2) is 6.67. The van der Waals surface area contributed by atoms with Crippen LogP contribution in [0.3, 0.4) is 0 Å². The van der Waals surface area contributed by atoms with Crippen LogP contribution in [0.1, 0.15) is 25.5 Å². The van der Waals surface area contributed by atoms with Crippen LogP contribution in [0.15, 0.2) is 12.1 Å². The monoisotopic (exact) mass is 267 g/mol. The van der Waals surface area contributed by atoms with E-state index in [4.69, 9.17) is 5.11 Å². The standard InChI is InChI=1S/C12H17N3O4/c1-3-4-9(12(16)17)7-13-11-10(15(18)19)6-5-8(2)14-11/h5-6,9H,3-4,7H2,1-2H3,(H,13,14)(H,16,17). The number of aromatic nitrogens is 1. The maximum absolute atomic E-state index is 11.0.